The van der Waals surface area contributed by atoms with Gasteiger partial charge in [-0.3, -0.25) is 0 Å². The zero-order chi connectivity index (χ0) is 12.8. The lowest BCUT2D eigenvalue weighted by Crippen LogP contribution is -2.83. The lowest BCUT2D eigenvalue weighted by atomic mass is 10.1. The predicted molar refractivity (Wildman–Crippen MR) is 72.1 cm³/mol. The van der Waals surface area contributed by atoms with Crippen LogP contribution in [0.4, 0.5) is 4.39 Å². The van der Waals surface area contributed by atoms with Crippen molar-refractivity contribution in [2.75, 3.05) is 6.54 Å². The third-order valence-electron chi connectivity index (χ3n) is 2.82. The van der Waals surface area contributed by atoms with Gasteiger partial charge in [-0.25, -0.2) is 4.39 Å². The van der Waals surface area contributed by atoms with Crippen LogP contribution >= 0.6 is 11.6 Å². The van der Waals surface area contributed by atoms with Crippen molar-refractivity contribution in [3.8, 4) is 0 Å². The molecule has 2 aromatic carbocycles. The Labute approximate surface area is 112 Å². The first-order chi connectivity index (χ1) is 8.74. The van der Waals surface area contributed by atoms with Gasteiger partial charge in [0.05, 0.1) is 6.54 Å². The van der Waals surface area contributed by atoms with Gasteiger partial charge in [0.15, 0.2) is 0 Å². The standard InChI is InChI=1S/C15H15ClFN/c16-14-3-1-2-13(10-14)11-18-9-8-12-4-6-15(17)7-5-12/h1-7,10,18H,8-9,11H2/p+1. The molecule has 2 aromatic rings. The Kier molecular flexibility index (Phi) is 4.73. The first kappa shape index (κ1) is 13.1. The summed E-state index contributed by atoms with van der Waals surface area (Å²) < 4.78 is 12.7. The molecule has 0 atom stereocenters. The lowest BCUT2D eigenvalue weighted by Gasteiger charge is -2.03. The van der Waals surface area contributed by atoms with Gasteiger partial charge in [0.1, 0.15) is 12.4 Å². The van der Waals surface area contributed by atoms with Gasteiger partial charge in [0.2, 0.25) is 0 Å². The number of hydrogen-bond donors (Lipinski definition) is 1. The van der Waals surface area contributed by atoms with E-state index in [1.807, 2.05) is 30.3 Å². The molecule has 3 heteroatoms. The minimum absolute atomic E-state index is 0.179. The van der Waals surface area contributed by atoms with E-state index in [9.17, 15) is 4.39 Å². The first-order valence-electron chi connectivity index (χ1n) is 6.04. The number of quaternary nitrogens is 1. The van der Waals surface area contributed by atoms with Crippen LogP contribution in [0.1, 0.15) is 11.1 Å². The fraction of sp³-hybridized carbons (Fsp3) is 0.200. The summed E-state index contributed by atoms with van der Waals surface area (Å²) in [6.07, 6.45) is 0.945. The van der Waals surface area contributed by atoms with Crippen molar-refractivity contribution in [2.45, 2.75) is 13.0 Å². The highest BCUT2D eigenvalue weighted by molar-refractivity contribution is 6.30. The highest BCUT2D eigenvalue weighted by Crippen LogP contribution is 2.09. The molecule has 0 heterocycles. The van der Waals surface area contributed by atoms with Crippen LogP contribution in [-0.2, 0) is 13.0 Å². The van der Waals surface area contributed by atoms with Crippen molar-refractivity contribution in [2.24, 2.45) is 0 Å². The van der Waals surface area contributed by atoms with E-state index >= 15 is 0 Å². The molecule has 2 rings (SSSR count). The number of halogens is 2. The second-order valence-electron chi connectivity index (χ2n) is 4.29. The topological polar surface area (TPSA) is 16.6 Å². The molecule has 1 nitrogen and oxygen atoms in total. The molecule has 0 radical (unpaired) electrons. The molecule has 0 aromatic heterocycles. The summed E-state index contributed by atoms with van der Waals surface area (Å²) in [6.45, 7) is 1.90. The average molecular weight is 265 g/mol. The maximum absolute atomic E-state index is 12.7. The van der Waals surface area contributed by atoms with Crippen molar-refractivity contribution < 1.29 is 9.71 Å². The van der Waals surface area contributed by atoms with E-state index in [-0.39, 0.29) is 5.82 Å². The Morgan fingerprint density at radius 3 is 2.50 bits per heavy atom. The van der Waals surface area contributed by atoms with E-state index in [2.05, 4.69) is 11.4 Å². The molecule has 0 aliphatic heterocycles. The molecule has 0 bridgehead atoms. The zero-order valence-corrected chi connectivity index (χ0v) is 10.8. The molecule has 0 aliphatic rings. The number of rotatable bonds is 5. The van der Waals surface area contributed by atoms with Crippen LogP contribution in [0.25, 0.3) is 0 Å². The van der Waals surface area contributed by atoms with E-state index in [1.165, 1.54) is 23.3 Å². The van der Waals surface area contributed by atoms with Gasteiger partial charge in [-0.2, -0.15) is 0 Å². The number of hydrogen-bond acceptors (Lipinski definition) is 0. The van der Waals surface area contributed by atoms with Gasteiger partial charge >= 0.3 is 0 Å². The summed E-state index contributed by atoms with van der Waals surface area (Å²) in [5.41, 5.74) is 2.39. The Balaban J connectivity index is 1.74. The Morgan fingerprint density at radius 2 is 1.78 bits per heavy atom. The van der Waals surface area contributed by atoms with Crippen molar-refractivity contribution in [3.05, 3.63) is 70.5 Å². The second-order valence-corrected chi connectivity index (χ2v) is 4.72. The summed E-state index contributed by atoms with van der Waals surface area (Å²) in [6, 6.07) is 14.6. The molecule has 2 N–H and O–H groups in total. The summed E-state index contributed by atoms with van der Waals surface area (Å²) in [5, 5.41) is 3.01. The molecular formula is C15H16ClFN+. The molecule has 0 amide bonds. The quantitative estimate of drug-likeness (QED) is 0.800. The van der Waals surface area contributed by atoms with Gasteiger partial charge in [0, 0.05) is 17.0 Å². The Morgan fingerprint density at radius 1 is 1.00 bits per heavy atom. The molecular weight excluding hydrogens is 249 g/mol. The third-order valence-corrected chi connectivity index (χ3v) is 3.05. The van der Waals surface area contributed by atoms with E-state index in [1.54, 1.807) is 0 Å². The number of benzene rings is 2. The molecule has 0 spiro atoms. The normalized spacial score (nSPS) is 10.6. The minimum atomic E-state index is -0.179. The van der Waals surface area contributed by atoms with Crippen LogP contribution in [0.3, 0.4) is 0 Å². The summed E-state index contributed by atoms with van der Waals surface area (Å²) >= 11 is 5.92. The van der Waals surface area contributed by atoms with Crippen molar-refractivity contribution >= 4 is 11.6 Å². The molecule has 18 heavy (non-hydrogen) atoms. The Bertz CT molecular complexity index is 496. The fourth-order valence-electron chi connectivity index (χ4n) is 1.85. The highest BCUT2D eigenvalue weighted by atomic mass is 35.5. The summed E-state index contributed by atoms with van der Waals surface area (Å²) in [7, 11) is 0. The van der Waals surface area contributed by atoms with E-state index < -0.39 is 0 Å². The maximum atomic E-state index is 12.7. The number of nitrogens with two attached hydrogens (primary N) is 1. The second kappa shape index (κ2) is 6.53. The Hall–Kier alpha value is -1.38. The van der Waals surface area contributed by atoms with Crippen LogP contribution in [-0.4, -0.2) is 6.54 Å². The van der Waals surface area contributed by atoms with Crippen LogP contribution in [0.5, 0.6) is 0 Å². The molecule has 94 valence electrons. The fourth-order valence-corrected chi connectivity index (χ4v) is 2.07. The van der Waals surface area contributed by atoms with Gasteiger partial charge in [-0.15, -0.1) is 0 Å². The van der Waals surface area contributed by atoms with Crippen molar-refractivity contribution in [1.82, 2.24) is 0 Å². The predicted octanol–water partition coefficient (Wildman–Crippen LogP) is 2.79. The average Bonchev–Trinajstić information content (AvgIpc) is 2.37. The van der Waals surface area contributed by atoms with Crippen molar-refractivity contribution in [1.29, 1.82) is 0 Å². The van der Waals surface area contributed by atoms with Crippen LogP contribution in [0.2, 0.25) is 5.02 Å². The molecule has 0 unspecified atom stereocenters. The van der Waals surface area contributed by atoms with Crippen molar-refractivity contribution in [3.63, 3.8) is 0 Å². The van der Waals surface area contributed by atoms with E-state index in [4.69, 9.17) is 11.6 Å². The molecule has 0 aliphatic carbocycles. The highest BCUT2D eigenvalue weighted by Gasteiger charge is 1.98. The largest absolute Gasteiger partial charge is 0.342 e. The third kappa shape index (κ3) is 4.13. The molecule has 0 saturated heterocycles. The summed E-state index contributed by atoms with van der Waals surface area (Å²) in [5.74, 6) is -0.179. The van der Waals surface area contributed by atoms with Gasteiger partial charge in [0.25, 0.3) is 0 Å². The van der Waals surface area contributed by atoms with Crippen LogP contribution in [0, 0.1) is 5.82 Å². The minimum Gasteiger partial charge on any atom is -0.342 e. The van der Waals surface area contributed by atoms with E-state index in [0.717, 1.165) is 24.5 Å². The smallest absolute Gasteiger partial charge is 0.123 e. The summed E-state index contributed by atoms with van der Waals surface area (Å²) in [4.78, 5) is 0. The van der Waals surface area contributed by atoms with Gasteiger partial charge in [-0.1, -0.05) is 35.9 Å². The maximum Gasteiger partial charge on any atom is 0.123 e. The van der Waals surface area contributed by atoms with Gasteiger partial charge in [-0.05, 0) is 29.8 Å². The molecule has 0 fully saturated rings. The van der Waals surface area contributed by atoms with Gasteiger partial charge < -0.3 is 5.32 Å². The van der Waals surface area contributed by atoms with Crippen LogP contribution < -0.4 is 5.32 Å². The van der Waals surface area contributed by atoms with Crippen LogP contribution in [0.15, 0.2) is 48.5 Å². The van der Waals surface area contributed by atoms with E-state index in [0.29, 0.717) is 0 Å². The first-order valence-corrected chi connectivity index (χ1v) is 6.42. The SMILES string of the molecule is Fc1ccc(CC[NH2+]Cc2cccc(Cl)c2)cc1. The zero-order valence-electron chi connectivity index (χ0n) is 10.1. The monoisotopic (exact) mass is 264 g/mol. The molecule has 0 saturated carbocycles. The lowest BCUT2D eigenvalue weighted by molar-refractivity contribution is -0.670.